The number of nitrogens with zero attached hydrogens (tertiary/aromatic N) is 1. The average Bonchev–Trinajstić information content (AvgIpc) is 2.95. The lowest BCUT2D eigenvalue weighted by atomic mass is 9.77. The lowest BCUT2D eigenvalue weighted by molar-refractivity contribution is -0.154. The highest BCUT2D eigenvalue weighted by molar-refractivity contribution is 7.47. The fourth-order valence-electron chi connectivity index (χ4n) is 6.04. The van der Waals surface area contributed by atoms with Crippen molar-refractivity contribution >= 4 is 13.8 Å². The van der Waals surface area contributed by atoms with Crippen molar-refractivity contribution in [2.45, 2.75) is 142 Å². The van der Waals surface area contributed by atoms with Crippen LogP contribution in [-0.2, 0) is 27.9 Å². The Morgan fingerprint density at radius 3 is 1.93 bits per heavy atom. The second-order valence-corrected chi connectivity index (χ2v) is 13.4. The number of piperidine rings is 3. The van der Waals surface area contributed by atoms with Crippen LogP contribution in [0.4, 0.5) is 0 Å². The Balaban J connectivity index is 1.53. The minimum atomic E-state index is -4.28. The van der Waals surface area contributed by atoms with Gasteiger partial charge in [0.25, 0.3) is 0 Å². The third-order valence-corrected chi connectivity index (χ3v) is 9.64. The van der Waals surface area contributed by atoms with Gasteiger partial charge in [-0.3, -0.25) is 13.8 Å². The highest BCUT2D eigenvalue weighted by Crippen LogP contribution is 2.48. The van der Waals surface area contributed by atoms with Gasteiger partial charge in [-0.15, -0.1) is 0 Å². The molecule has 3 aliphatic heterocycles. The molecule has 3 heterocycles. The number of unbranched alkanes of at least 4 members (excludes halogenated alkanes) is 13. The Hall–Kier alpha value is -0.500. The Kier molecular flexibility index (Phi) is 18.9. The lowest BCUT2D eigenvalue weighted by Crippen LogP contribution is -2.51. The summed E-state index contributed by atoms with van der Waals surface area (Å²) in [5.74, 6) is 0.373. The van der Waals surface area contributed by atoms with Gasteiger partial charge in [0, 0.05) is 25.5 Å². The standard InChI is InChI=1S/C31H60NO7P/c1-4-6-7-8-9-10-11-12-13-14-15-16-17-18-23-36-25-29(38-31(33)5-2)26-37-40(34,35)39-27(3)30-24-32-21-19-28(30)20-22-32/h27-30H,4-26H2,1-3H3,(H,34,35). The summed E-state index contributed by atoms with van der Waals surface area (Å²) in [6.45, 7) is 9.41. The van der Waals surface area contributed by atoms with E-state index in [9.17, 15) is 14.3 Å². The summed E-state index contributed by atoms with van der Waals surface area (Å²) in [5, 5.41) is 0. The first kappa shape index (κ1) is 35.7. The van der Waals surface area contributed by atoms with E-state index in [2.05, 4.69) is 11.8 Å². The van der Waals surface area contributed by atoms with E-state index in [1.807, 2.05) is 6.92 Å². The van der Waals surface area contributed by atoms with Crippen LogP contribution in [0.1, 0.15) is 130 Å². The van der Waals surface area contributed by atoms with Crippen LogP contribution in [-0.4, -0.2) is 67.4 Å². The second-order valence-electron chi connectivity index (χ2n) is 12.0. The van der Waals surface area contributed by atoms with Crippen molar-refractivity contribution in [3.05, 3.63) is 0 Å². The summed E-state index contributed by atoms with van der Waals surface area (Å²) >= 11 is 0. The van der Waals surface area contributed by atoms with Gasteiger partial charge >= 0.3 is 13.8 Å². The number of esters is 1. The first-order chi connectivity index (χ1) is 19.3. The van der Waals surface area contributed by atoms with Gasteiger partial charge in [-0.2, -0.15) is 0 Å². The zero-order valence-corrected chi connectivity index (χ0v) is 26.8. The van der Waals surface area contributed by atoms with E-state index < -0.39 is 13.9 Å². The first-order valence-electron chi connectivity index (χ1n) is 16.5. The van der Waals surface area contributed by atoms with Crippen molar-refractivity contribution in [1.29, 1.82) is 0 Å². The third-order valence-electron chi connectivity index (χ3n) is 8.57. The lowest BCUT2D eigenvalue weighted by Gasteiger charge is -2.46. The molecule has 3 fully saturated rings. The number of ether oxygens (including phenoxy) is 2. The molecule has 8 nitrogen and oxygen atoms in total. The van der Waals surface area contributed by atoms with Gasteiger partial charge in [0.05, 0.1) is 19.3 Å². The summed E-state index contributed by atoms with van der Waals surface area (Å²) in [4.78, 5) is 24.6. The molecular weight excluding hydrogens is 529 g/mol. The maximum atomic E-state index is 12.7. The first-order valence-corrected chi connectivity index (χ1v) is 18.0. The predicted molar refractivity (Wildman–Crippen MR) is 160 cm³/mol. The van der Waals surface area contributed by atoms with E-state index >= 15 is 0 Å². The molecule has 0 aromatic heterocycles. The van der Waals surface area contributed by atoms with Gasteiger partial charge in [0.2, 0.25) is 0 Å². The van der Waals surface area contributed by atoms with Crippen molar-refractivity contribution < 1.29 is 32.8 Å². The van der Waals surface area contributed by atoms with Gasteiger partial charge in [-0.1, -0.05) is 97.3 Å². The van der Waals surface area contributed by atoms with Crippen molar-refractivity contribution in [3.8, 4) is 0 Å². The average molecular weight is 590 g/mol. The molecule has 0 saturated carbocycles. The van der Waals surface area contributed by atoms with E-state index in [1.54, 1.807) is 6.92 Å². The quantitative estimate of drug-likeness (QED) is 0.0659. The van der Waals surface area contributed by atoms with E-state index in [4.69, 9.17) is 18.5 Å². The molecule has 4 atom stereocenters. The van der Waals surface area contributed by atoms with Gasteiger partial charge in [-0.05, 0) is 45.2 Å². The Labute approximate surface area is 244 Å². The topological polar surface area (TPSA) is 94.5 Å². The molecule has 0 radical (unpaired) electrons. The van der Waals surface area contributed by atoms with Crippen molar-refractivity contribution in [1.82, 2.24) is 4.90 Å². The number of phosphoric ester groups is 1. The van der Waals surface area contributed by atoms with E-state index in [1.165, 1.54) is 77.0 Å². The number of carbonyl (C=O) groups excluding carboxylic acids is 1. The fourth-order valence-corrected chi connectivity index (χ4v) is 7.03. The number of carbonyl (C=O) groups is 1. The fraction of sp³-hybridized carbons (Fsp3) is 0.968. The van der Waals surface area contributed by atoms with Crippen LogP contribution in [0.2, 0.25) is 0 Å². The molecule has 4 unspecified atom stereocenters. The van der Waals surface area contributed by atoms with Crippen molar-refractivity contribution in [3.63, 3.8) is 0 Å². The van der Waals surface area contributed by atoms with Gasteiger partial charge in [-0.25, -0.2) is 4.57 Å². The molecule has 0 amide bonds. The molecule has 3 rings (SSSR count). The number of fused-ring (bicyclic) bond motifs is 3. The number of hydrogen-bond donors (Lipinski definition) is 1. The smallest absolute Gasteiger partial charge is 0.457 e. The van der Waals surface area contributed by atoms with Crippen LogP contribution >= 0.6 is 7.82 Å². The SMILES string of the molecule is CCCCCCCCCCCCCCCCOCC(COP(=O)(O)OC(C)C1CN2CCC1CC2)OC(=O)CC. The molecule has 236 valence electrons. The normalized spacial score (nSPS) is 23.6. The van der Waals surface area contributed by atoms with Gasteiger partial charge in [0.1, 0.15) is 6.10 Å². The molecule has 3 saturated heterocycles. The largest absolute Gasteiger partial charge is 0.472 e. The number of hydrogen-bond acceptors (Lipinski definition) is 7. The number of phosphoric acid groups is 1. The summed E-state index contributed by atoms with van der Waals surface area (Å²) in [6.07, 6.45) is 19.6. The maximum Gasteiger partial charge on any atom is 0.472 e. The van der Waals surface area contributed by atoms with Crippen molar-refractivity contribution in [2.75, 3.05) is 39.5 Å². The van der Waals surface area contributed by atoms with Crippen LogP contribution in [0.3, 0.4) is 0 Å². The molecule has 2 bridgehead atoms. The summed E-state index contributed by atoms with van der Waals surface area (Å²) in [5.41, 5.74) is 0. The summed E-state index contributed by atoms with van der Waals surface area (Å²) in [6, 6.07) is 0. The number of rotatable bonds is 25. The molecule has 0 spiro atoms. The second kappa shape index (κ2) is 21.2. The third kappa shape index (κ3) is 15.7. The highest BCUT2D eigenvalue weighted by Gasteiger charge is 2.40. The van der Waals surface area contributed by atoms with E-state index in [-0.39, 0.29) is 37.6 Å². The van der Waals surface area contributed by atoms with Crippen LogP contribution in [0, 0.1) is 11.8 Å². The molecule has 3 aliphatic rings. The van der Waals surface area contributed by atoms with E-state index in [0.717, 1.165) is 45.3 Å². The molecule has 0 aromatic carbocycles. The molecule has 1 N–H and O–H groups in total. The van der Waals surface area contributed by atoms with Crippen LogP contribution in [0.25, 0.3) is 0 Å². The van der Waals surface area contributed by atoms with Crippen molar-refractivity contribution in [2.24, 2.45) is 11.8 Å². The zero-order chi connectivity index (χ0) is 29.1. The predicted octanol–water partition coefficient (Wildman–Crippen LogP) is 7.67. The molecule has 0 aromatic rings. The van der Waals surface area contributed by atoms with Gasteiger partial charge in [0.15, 0.2) is 0 Å². The summed E-state index contributed by atoms with van der Waals surface area (Å²) in [7, 11) is -4.28. The molecule has 40 heavy (non-hydrogen) atoms. The Morgan fingerprint density at radius 1 is 0.875 bits per heavy atom. The maximum absolute atomic E-state index is 12.7. The Bertz CT molecular complexity index is 701. The van der Waals surface area contributed by atoms with Gasteiger partial charge < -0.3 is 19.3 Å². The molecule has 0 aliphatic carbocycles. The minimum Gasteiger partial charge on any atom is -0.457 e. The highest BCUT2D eigenvalue weighted by atomic mass is 31.2. The Morgan fingerprint density at radius 2 is 1.43 bits per heavy atom. The monoisotopic (exact) mass is 589 g/mol. The van der Waals surface area contributed by atoms with Crippen LogP contribution in [0.15, 0.2) is 0 Å². The summed E-state index contributed by atoms with van der Waals surface area (Å²) < 4.78 is 34.6. The van der Waals surface area contributed by atoms with Crippen LogP contribution < -0.4 is 0 Å². The van der Waals surface area contributed by atoms with E-state index in [0.29, 0.717) is 12.5 Å². The molecule has 9 heteroatoms. The zero-order valence-electron chi connectivity index (χ0n) is 25.9. The minimum absolute atomic E-state index is 0.138. The molecular formula is C31H60NO7P. The van der Waals surface area contributed by atoms with Crippen LogP contribution in [0.5, 0.6) is 0 Å².